The minimum Gasteiger partial charge on any atom is -0.458 e. The second kappa shape index (κ2) is 18.4. The van der Waals surface area contributed by atoms with Crippen LogP contribution in [-0.2, 0) is 51.2 Å². The number of nitrogens with one attached hydrogen (secondary N) is 1. The number of hydrogen-bond donors (Lipinski definition) is 1. The average Bonchev–Trinajstić information content (AvgIpc) is 3.07. The number of carbonyl (C=O) groups is 4. The van der Waals surface area contributed by atoms with E-state index in [-0.39, 0.29) is 25.9 Å². The first-order valence-electron chi connectivity index (χ1n) is 17.4. The Morgan fingerprint density at radius 3 is 2.06 bits per heavy atom. The van der Waals surface area contributed by atoms with E-state index < -0.39 is 59.2 Å². The van der Waals surface area contributed by atoms with Crippen LogP contribution in [0.1, 0.15) is 89.8 Å². The predicted molar refractivity (Wildman–Crippen MR) is 188 cm³/mol. The van der Waals surface area contributed by atoms with Crippen molar-refractivity contribution in [3.05, 3.63) is 71.3 Å². The van der Waals surface area contributed by atoms with E-state index in [4.69, 9.17) is 18.9 Å². The number of amides is 1. The molecule has 0 aliphatic carbocycles. The first-order chi connectivity index (χ1) is 23.5. The largest absolute Gasteiger partial charge is 0.458 e. The van der Waals surface area contributed by atoms with Gasteiger partial charge in [0.2, 0.25) is 0 Å². The molecule has 1 N–H and O–H groups in total. The first kappa shape index (κ1) is 40.6. The van der Waals surface area contributed by atoms with E-state index in [9.17, 15) is 23.6 Å². The van der Waals surface area contributed by atoms with Crippen LogP contribution in [0.3, 0.4) is 0 Å². The van der Waals surface area contributed by atoms with E-state index >= 15 is 0 Å². The molecular formula is C39H55FN2O8. The van der Waals surface area contributed by atoms with Crippen molar-refractivity contribution < 1.29 is 42.5 Å². The average molecular weight is 699 g/mol. The molecule has 0 spiro atoms. The Balaban J connectivity index is 1.83. The van der Waals surface area contributed by atoms with E-state index in [0.29, 0.717) is 19.1 Å². The molecule has 0 bridgehead atoms. The third kappa shape index (κ3) is 13.1. The third-order valence-corrected chi connectivity index (χ3v) is 8.69. The summed E-state index contributed by atoms with van der Waals surface area (Å²) in [5.74, 6) is -2.56. The van der Waals surface area contributed by atoms with Crippen LogP contribution in [0.15, 0.2) is 54.6 Å². The molecule has 276 valence electrons. The van der Waals surface area contributed by atoms with E-state index in [0.717, 1.165) is 24.0 Å². The van der Waals surface area contributed by atoms with Gasteiger partial charge in [0.15, 0.2) is 12.2 Å². The first-order valence-corrected chi connectivity index (χ1v) is 17.4. The number of nitrogens with zero attached hydrogens (tertiary/aromatic N) is 1. The van der Waals surface area contributed by atoms with Gasteiger partial charge < -0.3 is 29.2 Å². The fourth-order valence-electron chi connectivity index (χ4n) is 5.85. The molecular weight excluding hydrogens is 643 g/mol. The van der Waals surface area contributed by atoms with Crippen LogP contribution in [-0.4, -0.2) is 86.0 Å². The standard InChI is InChI=1S/C39H55FN2O8/c1-26(35(44)48-25-28-12-10-9-11-13-28)49-37(46)32(24-38(2,3)4)42(8)34(43)33(50-36(45)31(41-7)23-39(5,6)40)22-27-14-16-29(17-15-27)30-18-20-47-21-19-30/h9-17,26,30-33,41H,18-25H2,1-8H3/t26-,31+,32+,33-/m1/s1. The van der Waals surface area contributed by atoms with Gasteiger partial charge in [-0.3, -0.25) is 9.59 Å². The minimum absolute atomic E-state index is 0.0155. The smallest absolute Gasteiger partial charge is 0.347 e. The van der Waals surface area contributed by atoms with Crippen LogP contribution in [0.5, 0.6) is 0 Å². The van der Waals surface area contributed by atoms with Crippen molar-refractivity contribution in [1.82, 2.24) is 10.2 Å². The zero-order valence-electron chi connectivity index (χ0n) is 30.8. The molecule has 1 saturated heterocycles. The van der Waals surface area contributed by atoms with Crippen molar-refractivity contribution in [3.63, 3.8) is 0 Å². The lowest BCUT2D eigenvalue weighted by Gasteiger charge is -2.34. The molecule has 1 heterocycles. The van der Waals surface area contributed by atoms with Crippen molar-refractivity contribution in [2.24, 2.45) is 5.41 Å². The number of rotatable bonds is 16. The monoisotopic (exact) mass is 698 g/mol. The molecule has 11 heteroatoms. The summed E-state index contributed by atoms with van der Waals surface area (Å²) in [7, 11) is 2.98. The Morgan fingerprint density at radius 1 is 0.880 bits per heavy atom. The normalized spacial score (nSPS) is 16.4. The lowest BCUT2D eigenvalue weighted by molar-refractivity contribution is -0.174. The van der Waals surface area contributed by atoms with E-state index in [1.165, 1.54) is 45.3 Å². The highest BCUT2D eigenvalue weighted by Crippen LogP contribution is 2.28. The Labute approximate surface area is 296 Å². The summed E-state index contributed by atoms with van der Waals surface area (Å²) in [6.07, 6.45) is -0.672. The van der Waals surface area contributed by atoms with Gasteiger partial charge >= 0.3 is 17.9 Å². The van der Waals surface area contributed by atoms with Gasteiger partial charge in [0, 0.05) is 33.1 Å². The number of hydrogen-bond acceptors (Lipinski definition) is 9. The number of halogens is 1. The molecule has 50 heavy (non-hydrogen) atoms. The maximum atomic E-state index is 14.6. The Bertz CT molecular complexity index is 1400. The maximum Gasteiger partial charge on any atom is 0.347 e. The van der Waals surface area contributed by atoms with Gasteiger partial charge in [0.25, 0.3) is 5.91 Å². The van der Waals surface area contributed by atoms with Gasteiger partial charge in [-0.15, -0.1) is 0 Å². The second-order valence-corrected chi connectivity index (χ2v) is 14.9. The van der Waals surface area contributed by atoms with E-state index in [2.05, 4.69) is 5.32 Å². The quantitative estimate of drug-likeness (QED) is 0.174. The number of ether oxygens (including phenoxy) is 4. The van der Waals surface area contributed by atoms with Crippen LogP contribution >= 0.6 is 0 Å². The molecule has 0 aromatic heterocycles. The van der Waals surface area contributed by atoms with Crippen molar-refractivity contribution >= 4 is 23.8 Å². The maximum absolute atomic E-state index is 14.6. The fourth-order valence-corrected chi connectivity index (χ4v) is 5.85. The van der Waals surface area contributed by atoms with Crippen LogP contribution < -0.4 is 5.32 Å². The number of alkyl halides is 1. The Hall–Kier alpha value is -3.83. The molecule has 1 fully saturated rings. The van der Waals surface area contributed by atoms with Crippen molar-refractivity contribution in [1.29, 1.82) is 0 Å². The van der Waals surface area contributed by atoms with Crippen LogP contribution in [0, 0.1) is 5.41 Å². The number of esters is 3. The zero-order valence-corrected chi connectivity index (χ0v) is 30.8. The van der Waals surface area contributed by atoms with Gasteiger partial charge in [-0.05, 0) is 75.1 Å². The van der Waals surface area contributed by atoms with E-state index in [1.54, 1.807) is 0 Å². The van der Waals surface area contributed by atoms with Crippen molar-refractivity contribution in [2.75, 3.05) is 27.3 Å². The third-order valence-electron chi connectivity index (χ3n) is 8.69. The summed E-state index contributed by atoms with van der Waals surface area (Å²) < 4.78 is 36.8. The summed E-state index contributed by atoms with van der Waals surface area (Å²) in [6, 6.07) is 14.8. The highest BCUT2D eigenvalue weighted by molar-refractivity contribution is 5.90. The van der Waals surface area contributed by atoms with Crippen molar-refractivity contribution in [3.8, 4) is 0 Å². The van der Waals surface area contributed by atoms with Gasteiger partial charge in [-0.25, -0.2) is 14.0 Å². The number of carbonyl (C=O) groups excluding carboxylic acids is 4. The SMILES string of the molecule is CN[C@@H](CC(C)(C)F)C(=O)O[C@H](Cc1ccc(C2CCOCC2)cc1)C(=O)N(C)[C@@H](CC(C)(C)C)C(=O)O[C@H](C)C(=O)OCc1ccccc1. The molecule has 3 rings (SSSR count). The summed E-state index contributed by atoms with van der Waals surface area (Å²) in [6.45, 7) is 11.3. The molecule has 10 nitrogen and oxygen atoms in total. The van der Waals surface area contributed by atoms with Gasteiger partial charge in [0.1, 0.15) is 24.4 Å². The molecule has 4 atom stereocenters. The van der Waals surface area contributed by atoms with Gasteiger partial charge in [-0.1, -0.05) is 75.4 Å². The van der Waals surface area contributed by atoms with Crippen LogP contribution in [0.4, 0.5) is 4.39 Å². The highest BCUT2D eigenvalue weighted by atomic mass is 19.1. The molecule has 0 radical (unpaired) electrons. The minimum atomic E-state index is -1.68. The molecule has 2 aromatic carbocycles. The molecule has 1 amide bonds. The lowest BCUT2D eigenvalue weighted by atomic mass is 9.87. The lowest BCUT2D eigenvalue weighted by Crippen LogP contribution is -2.52. The van der Waals surface area contributed by atoms with E-state index in [1.807, 2.05) is 75.4 Å². The topological polar surface area (TPSA) is 120 Å². The highest BCUT2D eigenvalue weighted by Gasteiger charge is 2.39. The zero-order chi connectivity index (χ0) is 37.1. The van der Waals surface area contributed by atoms with Crippen molar-refractivity contribution in [2.45, 2.75) is 116 Å². The summed E-state index contributed by atoms with van der Waals surface area (Å²) in [5.41, 5.74) is 0.579. The number of benzene rings is 2. The van der Waals surface area contributed by atoms with Gasteiger partial charge in [-0.2, -0.15) is 0 Å². The Morgan fingerprint density at radius 2 is 1.50 bits per heavy atom. The molecule has 2 aromatic rings. The molecule has 1 aliphatic rings. The summed E-state index contributed by atoms with van der Waals surface area (Å²) in [4.78, 5) is 55.2. The molecule has 0 unspecified atom stereocenters. The van der Waals surface area contributed by atoms with Gasteiger partial charge in [0.05, 0.1) is 0 Å². The molecule has 0 saturated carbocycles. The Kier molecular flexibility index (Phi) is 15.0. The number of likely N-dealkylation sites (N-methyl/N-ethyl adjacent to an activating group) is 2. The second-order valence-electron chi connectivity index (χ2n) is 14.9. The fraction of sp³-hybridized carbons (Fsp3) is 0.590. The van der Waals surface area contributed by atoms with Crippen LogP contribution in [0.2, 0.25) is 0 Å². The van der Waals surface area contributed by atoms with Crippen LogP contribution in [0.25, 0.3) is 0 Å². The summed E-state index contributed by atoms with van der Waals surface area (Å²) in [5, 5.41) is 2.80. The molecule has 1 aliphatic heterocycles. The predicted octanol–water partition coefficient (Wildman–Crippen LogP) is 5.70. The summed E-state index contributed by atoms with van der Waals surface area (Å²) >= 11 is 0.